The smallest absolute Gasteiger partial charge is 0.0950 e. The first-order valence-corrected chi connectivity index (χ1v) is 12.7. The van der Waals surface area contributed by atoms with Gasteiger partial charge in [0.25, 0.3) is 0 Å². The van der Waals surface area contributed by atoms with Crippen LogP contribution in [0.15, 0.2) is 71.2 Å². The zero-order chi connectivity index (χ0) is 25.5. The Bertz CT molecular complexity index is 1250. The lowest BCUT2D eigenvalue weighted by atomic mass is 9.94. The number of piperidine rings is 1. The number of pyridine rings is 1. The Morgan fingerprint density at radius 2 is 1.77 bits per heavy atom. The largest absolute Gasteiger partial charge is 0.370 e. The molecule has 0 N–H and O–H groups in total. The van der Waals surface area contributed by atoms with E-state index in [9.17, 15) is 5.26 Å². The van der Waals surface area contributed by atoms with Gasteiger partial charge in [-0.25, -0.2) is 0 Å². The van der Waals surface area contributed by atoms with Crippen molar-refractivity contribution in [2.75, 3.05) is 18.0 Å². The fourth-order valence-corrected chi connectivity index (χ4v) is 4.83. The summed E-state index contributed by atoms with van der Waals surface area (Å²) in [5.41, 5.74) is 11.1. The molecule has 1 unspecified atom stereocenters. The first-order valence-electron chi connectivity index (χ1n) is 12.2. The lowest BCUT2D eigenvalue weighted by Gasteiger charge is -2.33. The molecule has 1 fully saturated rings. The van der Waals surface area contributed by atoms with E-state index in [-0.39, 0.29) is 0 Å². The summed E-state index contributed by atoms with van der Waals surface area (Å²) in [7, 11) is 2.72. The van der Waals surface area contributed by atoms with E-state index in [2.05, 4.69) is 77.1 Å². The third-order valence-corrected chi connectivity index (χ3v) is 7.15. The fourth-order valence-electron chi connectivity index (χ4n) is 4.51. The Balaban J connectivity index is 2.29. The minimum absolute atomic E-state index is 0.693. The van der Waals surface area contributed by atoms with Crippen LogP contribution in [-0.2, 0) is 0 Å². The number of hydrogen-bond donors (Lipinski definition) is 0. The van der Waals surface area contributed by atoms with E-state index >= 15 is 0 Å². The highest BCUT2D eigenvalue weighted by atomic mass is 31.0. The normalized spacial score (nSPS) is 15.6. The molecule has 1 aliphatic heterocycles. The molecule has 0 spiro atoms. The molecule has 1 aromatic heterocycles. The number of aromatic nitrogens is 1. The third kappa shape index (κ3) is 6.27. The quantitative estimate of drug-likeness (QED) is 0.181. The Labute approximate surface area is 213 Å². The van der Waals surface area contributed by atoms with Crippen LogP contribution in [0.5, 0.6) is 0 Å². The van der Waals surface area contributed by atoms with Crippen molar-refractivity contribution in [2.24, 2.45) is 0 Å². The monoisotopic (exact) mass is 481 g/mol. The number of rotatable bonds is 6. The van der Waals surface area contributed by atoms with Crippen LogP contribution in [0.2, 0.25) is 0 Å². The molecular weight excluding hydrogens is 445 g/mol. The van der Waals surface area contributed by atoms with Gasteiger partial charge in [0.2, 0.25) is 0 Å². The molecule has 0 aliphatic carbocycles. The first-order chi connectivity index (χ1) is 16.8. The van der Waals surface area contributed by atoms with Gasteiger partial charge in [-0.1, -0.05) is 65.8 Å². The van der Waals surface area contributed by atoms with Gasteiger partial charge in [0.05, 0.1) is 17.5 Å². The van der Waals surface area contributed by atoms with Crippen LogP contribution in [0.3, 0.4) is 0 Å². The van der Waals surface area contributed by atoms with Crippen LogP contribution in [0.1, 0.15) is 56.0 Å². The number of nitriles is 1. The second-order valence-electron chi connectivity index (χ2n) is 9.16. The lowest BCUT2D eigenvalue weighted by molar-refractivity contribution is 0.687. The summed E-state index contributed by atoms with van der Waals surface area (Å²) in [4.78, 5) is 7.39. The highest BCUT2D eigenvalue weighted by molar-refractivity contribution is 7.23. The molecule has 3 nitrogen and oxygen atoms in total. The number of allylic oxidation sites excluding steroid dienone is 6. The van der Waals surface area contributed by atoms with Crippen LogP contribution in [0.25, 0.3) is 23.3 Å². The van der Waals surface area contributed by atoms with E-state index in [4.69, 9.17) is 4.98 Å². The van der Waals surface area contributed by atoms with Gasteiger partial charge in [-0.3, -0.25) is 4.98 Å². The van der Waals surface area contributed by atoms with Crippen molar-refractivity contribution >= 4 is 27.1 Å². The maximum absolute atomic E-state index is 9.39. The van der Waals surface area contributed by atoms with Crippen LogP contribution in [0.4, 0.5) is 5.69 Å². The summed E-state index contributed by atoms with van der Waals surface area (Å²) in [6.45, 7) is 16.3. The molecule has 4 heteroatoms. The zero-order valence-electron chi connectivity index (χ0n) is 21.7. The van der Waals surface area contributed by atoms with Gasteiger partial charge in [-0.15, -0.1) is 9.24 Å². The zero-order valence-corrected chi connectivity index (χ0v) is 22.8. The number of benzene rings is 1. The van der Waals surface area contributed by atoms with Crippen LogP contribution in [-0.4, -0.2) is 18.1 Å². The third-order valence-electron chi connectivity index (χ3n) is 6.39. The molecule has 0 amide bonds. The number of anilines is 1. The number of hydrogen-bond acceptors (Lipinski definition) is 3. The van der Waals surface area contributed by atoms with Crippen LogP contribution >= 0.6 is 9.24 Å². The predicted octanol–water partition coefficient (Wildman–Crippen LogP) is 8.19. The SMILES string of the molecule is C=C1CCN(c2c(-c3cc(C)cc(C)c3)cnc(/C=C\C)c2/C=C/C(=C/C)C(/P)=C(\C)C#N)CC1. The van der Waals surface area contributed by atoms with E-state index in [0.29, 0.717) is 5.57 Å². The summed E-state index contributed by atoms with van der Waals surface area (Å²) in [6.07, 6.45) is 14.4. The van der Waals surface area contributed by atoms with E-state index < -0.39 is 0 Å². The van der Waals surface area contributed by atoms with Crippen LogP contribution < -0.4 is 4.90 Å². The molecule has 180 valence electrons. The highest BCUT2D eigenvalue weighted by Gasteiger charge is 2.22. The second-order valence-corrected chi connectivity index (χ2v) is 9.74. The standard InChI is InChI=1S/C31H36N3P/c1-7-9-29-27(11-10-25(8-2)31(35)24(6)19-32)30(34-14-12-21(3)13-15-34)28(20-33-29)26-17-22(4)16-23(5)18-26/h7-11,16-18,20H,3,12-15,35H2,1-2,4-6H3/b9-7-,11-10+,25-8-,31-24-. The van der Waals surface area contributed by atoms with Crippen molar-refractivity contribution < 1.29 is 0 Å². The molecule has 0 saturated carbocycles. The molecule has 1 aliphatic rings. The van der Waals surface area contributed by atoms with Gasteiger partial charge in [-0.05, 0) is 70.0 Å². The molecule has 0 bridgehead atoms. The molecule has 2 heterocycles. The van der Waals surface area contributed by atoms with Crippen LogP contribution in [0, 0.1) is 25.2 Å². The van der Waals surface area contributed by atoms with Gasteiger partial charge in [0.1, 0.15) is 0 Å². The van der Waals surface area contributed by atoms with Gasteiger partial charge in [0, 0.05) is 36.0 Å². The average molecular weight is 482 g/mol. The molecule has 3 rings (SSSR count). The van der Waals surface area contributed by atoms with Gasteiger partial charge in [0.15, 0.2) is 0 Å². The average Bonchev–Trinajstić information content (AvgIpc) is 2.84. The maximum Gasteiger partial charge on any atom is 0.0950 e. The van der Waals surface area contributed by atoms with Gasteiger partial charge >= 0.3 is 0 Å². The molecular formula is C31H36N3P. The number of aryl methyl sites for hydroxylation is 2. The van der Waals surface area contributed by atoms with Gasteiger partial charge in [-0.2, -0.15) is 5.26 Å². The first kappa shape index (κ1) is 26.4. The van der Waals surface area contributed by atoms with Crippen molar-refractivity contribution in [2.45, 2.75) is 47.5 Å². The fraction of sp³-hybridized carbons (Fsp3) is 0.290. The van der Waals surface area contributed by atoms with Crippen molar-refractivity contribution in [3.8, 4) is 17.2 Å². The minimum atomic E-state index is 0.693. The predicted molar refractivity (Wildman–Crippen MR) is 155 cm³/mol. The second kappa shape index (κ2) is 12.0. The van der Waals surface area contributed by atoms with Crippen molar-refractivity contribution in [1.82, 2.24) is 4.98 Å². The minimum Gasteiger partial charge on any atom is -0.370 e. The summed E-state index contributed by atoms with van der Waals surface area (Å²) in [5, 5.41) is 10.3. The highest BCUT2D eigenvalue weighted by Crippen LogP contribution is 2.39. The summed E-state index contributed by atoms with van der Waals surface area (Å²) in [5.74, 6) is 0. The molecule has 35 heavy (non-hydrogen) atoms. The molecule has 0 radical (unpaired) electrons. The molecule has 1 aromatic carbocycles. The van der Waals surface area contributed by atoms with Crippen molar-refractivity contribution in [1.29, 1.82) is 5.26 Å². The Kier molecular flexibility index (Phi) is 9.02. The lowest BCUT2D eigenvalue weighted by Crippen LogP contribution is -2.31. The van der Waals surface area contributed by atoms with E-state index in [1.165, 1.54) is 28.0 Å². The van der Waals surface area contributed by atoms with Gasteiger partial charge < -0.3 is 4.90 Å². The summed E-state index contributed by atoms with van der Waals surface area (Å²) >= 11 is 0. The maximum atomic E-state index is 9.39. The number of nitrogens with zero attached hydrogens (tertiary/aromatic N) is 3. The van der Waals surface area contributed by atoms with E-state index in [1.807, 2.05) is 39.1 Å². The van der Waals surface area contributed by atoms with E-state index in [0.717, 1.165) is 53.6 Å². The molecule has 1 atom stereocenters. The summed E-state index contributed by atoms with van der Waals surface area (Å²) < 4.78 is 0. The Morgan fingerprint density at radius 3 is 2.34 bits per heavy atom. The molecule has 1 saturated heterocycles. The van der Waals surface area contributed by atoms with Crippen molar-refractivity contribution in [3.63, 3.8) is 0 Å². The summed E-state index contributed by atoms with van der Waals surface area (Å²) in [6, 6.07) is 8.96. The Hall–Kier alpha value is -3.21. The van der Waals surface area contributed by atoms with Crippen molar-refractivity contribution in [3.05, 3.63) is 93.6 Å². The molecule has 2 aromatic rings. The van der Waals surface area contributed by atoms with E-state index in [1.54, 1.807) is 0 Å². The Morgan fingerprint density at radius 1 is 1.11 bits per heavy atom. The topological polar surface area (TPSA) is 39.9 Å².